The highest BCUT2D eigenvalue weighted by atomic mass is 79.9. The fraction of sp³-hybridized carbons (Fsp3) is 0.105. The van der Waals surface area contributed by atoms with Gasteiger partial charge in [-0.1, -0.05) is 64.5 Å². The monoisotopic (exact) mass is 338 g/mol. The van der Waals surface area contributed by atoms with E-state index in [1.54, 1.807) is 0 Å². The van der Waals surface area contributed by atoms with E-state index in [4.69, 9.17) is 0 Å². The number of rotatable bonds is 3. The lowest BCUT2D eigenvalue weighted by molar-refractivity contribution is 0.0992. The summed E-state index contributed by atoms with van der Waals surface area (Å²) in [7, 11) is 0. The van der Waals surface area contributed by atoms with Gasteiger partial charge in [0, 0.05) is 16.5 Å². The minimum atomic E-state index is 0.137. The molecule has 0 saturated carbocycles. The molecule has 104 valence electrons. The number of fused-ring (bicyclic) bond motifs is 1. The van der Waals surface area contributed by atoms with Crippen molar-refractivity contribution in [1.82, 2.24) is 0 Å². The summed E-state index contributed by atoms with van der Waals surface area (Å²) in [6.07, 6.45) is 0.420. The first-order valence-electron chi connectivity index (χ1n) is 6.91. The molecule has 21 heavy (non-hydrogen) atoms. The smallest absolute Gasteiger partial charge is 0.168 e. The average molecular weight is 339 g/mol. The summed E-state index contributed by atoms with van der Waals surface area (Å²) in [6, 6.07) is 20.1. The molecule has 0 aliphatic rings. The van der Waals surface area contributed by atoms with Crippen molar-refractivity contribution in [3.8, 4) is 0 Å². The Bertz CT molecular complexity index is 815. The first-order valence-corrected chi connectivity index (χ1v) is 7.70. The molecule has 0 aliphatic carbocycles. The Morgan fingerprint density at radius 1 is 1.00 bits per heavy atom. The maximum Gasteiger partial charge on any atom is 0.168 e. The van der Waals surface area contributed by atoms with Gasteiger partial charge in [-0.2, -0.15) is 0 Å². The van der Waals surface area contributed by atoms with E-state index in [-0.39, 0.29) is 5.78 Å². The predicted molar refractivity (Wildman–Crippen MR) is 90.9 cm³/mol. The minimum absolute atomic E-state index is 0.137. The van der Waals surface area contributed by atoms with Crippen molar-refractivity contribution in [3.63, 3.8) is 0 Å². The van der Waals surface area contributed by atoms with Gasteiger partial charge < -0.3 is 0 Å². The summed E-state index contributed by atoms with van der Waals surface area (Å²) >= 11 is 3.49. The van der Waals surface area contributed by atoms with Crippen molar-refractivity contribution in [1.29, 1.82) is 0 Å². The average Bonchev–Trinajstić information content (AvgIpc) is 2.47. The van der Waals surface area contributed by atoms with Crippen LogP contribution in [0.4, 0.5) is 0 Å². The lowest BCUT2D eigenvalue weighted by Gasteiger charge is -2.08. The van der Waals surface area contributed by atoms with E-state index in [1.165, 1.54) is 5.39 Å². The van der Waals surface area contributed by atoms with Crippen LogP contribution in [0.3, 0.4) is 0 Å². The summed E-state index contributed by atoms with van der Waals surface area (Å²) in [5, 5.41) is 2.32. The molecule has 0 radical (unpaired) electrons. The van der Waals surface area contributed by atoms with Gasteiger partial charge in [0.05, 0.1) is 0 Å². The molecule has 0 aliphatic heterocycles. The fourth-order valence-corrected chi connectivity index (χ4v) is 3.28. The van der Waals surface area contributed by atoms with Crippen LogP contribution in [0.25, 0.3) is 10.8 Å². The van der Waals surface area contributed by atoms with Gasteiger partial charge in [0.1, 0.15) is 0 Å². The molecule has 0 unspecified atom stereocenters. The normalized spacial score (nSPS) is 10.8. The molecule has 3 rings (SSSR count). The highest BCUT2D eigenvalue weighted by Crippen LogP contribution is 2.23. The molecule has 0 fully saturated rings. The zero-order valence-electron chi connectivity index (χ0n) is 11.8. The Labute approximate surface area is 132 Å². The highest BCUT2D eigenvalue weighted by Gasteiger charge is 2.12. The van der Waals surface area contributed by atoms with Crippen molar-refractivity contribution in [2.45, 2.75) is 13.3 Å². The zero-order valence-corrected chi connectivity index (χ0v) is 13.4. The molecule has 3 aromatic carbocycles. The van der Waals surface area contributed by atoms with Crippen LogP contribution in [0.2, 0.25) is 0 Å². The van der Waals surface area contributed by atoms with Crippen molar-refractivity contribution in [2.75, 3.05) is 0 Å². The fourth-order valence-electron chi connectivity index (χ4n) is 2.56. The third-order valence-electron chi connectivity index (χ3n) is 3.66. The van der Waals surface area contributed by atoms with Crippen LogP contribution in [0.15, 0.2) is 65.1 Å². The number of carbonyl (C=O) groups excluding carboxylic acids is 1. The van der Waals surface area contributed by atoms with E-state index < -0.39 is 0 Å². The number of hydrogen-bond acceptors (Lipinski definition) is 1. The van der Waals surface area contributed by atoms with Crippen LogP contribution in [0.5, 0.6) is 0 Å². The minimum Gasteiger partial charge on any atom is -0.294 e. The molecule has 3 aromatic rings. The Morgan fingerprint density at radius 3 is 2.57 bits per heavy atom. The molecule has 0 saturated heterocycles. The zero-order chi connectivity index (χ0) is 14.8. The number of hydrogen-bond donors (Lipinski definition) is 0. The molecule has 0 aromatic heterocycles. The molecule has 0 N–H and O–H groups in total. The van der Waals surface area contributed by atoms with E-state index in [2.05, 4.69) is 34.1 Å². The van der Waals surface area contributed by atoms with Crippen LogP contribution in [-0.2, 0) is 6.42 Å². The van der Waals surface area contributed by atoms with Crippen LogP contribution in [-0.4, -0.2) is 5.78 Å². The molecule has 0 spiro atoms. The second kappa shape index (κ2) is 5.82. The van der Waals surface area contributed by atoms with Gasteiger partial charge in [-0.3, -0.25) is 4.79 Å². The van der Waals surface area contributed by atoms with Gasteiger partial charge in [-0.15, -0.1) is 0 Å². The van der Waals surface area contributed by atoms with Gasteiger partial charge in [-0.05, 0) is 41.0 Å². The van der Waals surface area contributed by atoms with Crippen molar-refractivity contribution < 1.29 is 4.79 Å². The van der Waals surface area contributed by atoms with Crippen LogP contribution in [0, 0.1) is 6.92 Å². The van der Waals surface area contributed by atoms with Crippen molar-refractivity contribution in [3.05, 3.63) is 81.8 Å². The number of aryl methyl sites for hydroxylation is 1. The van der Waals surface area contributed by atoms with Gasteiger partial charge in [0.2, 0.25) is 0 Å². The lowest BCUT2D eigenvalue weighted by Crippen LogP contribution is -2.05. The molecular weight excluding hydrogens is 324 g/mol. The molecule has 0 amide bonds. The molecule has 2 heteroatoms. The molecule has 0 bridgehead atoms. The summed E-state index contributed by atoms with van der Waals surface area (Å²) in [4.78, 5) is 12.6. The Morgan fingerprint density at radius 2 is 1.76 bits per heavy atom. The van der Waals surface area contributed by atoms with Crippen molar-refractivity contribution >= 4 is 32.5 Å². The van der Waals surface area contributed by atoms with Gasteiger partial charge in [0.15, 0.2) is 5.78 Å². The van der Waals surface area contributed by atoms with Gasteiger partial charge in [-0.25, -0.2) is 0 Å². The van der Waals surface area contributed by atoms with Gasteiger partial charge in [0.25, 0.3) is 0 Å². The molecule has 0 heterocycles. The third kappa shape index (κ3) is 2.91. The van der Waals surface area contributed by atoms with Crippen LogP contribution >= 0.6 is 15.9 Å². The summed E-state index contributed by atoms with van der Waals surface area (Å²) < 4.78 is 0.868. The number of benzene rings is 3. The van der Waals surface area contributed by atoms with E-state index in [0.717, 1.165) is 26.5 Å². The highest BCUT2D eigenvalue weighted by molar-refractivity contribution is 9.10. The first kappa shape index (κ1) is 14.0. The van der Waals surface area contributed by atoms with E-state index in [9.17, 15) is 4.79 Å². The van der Waals surface area contributed by atoms with E-state index in [0.29, 0.717) is 6.42 Å². The molecule has 1 nitrogen and oxygen atoms in total. The Hall–Kier alpha value is -1.93. The maximum absolute atomic E-state index is 12.6. The first-order chi connectivity index (χ1) is 10.1. The topological polar surface area (TPSA) is 17.1 Å². The van der Waals surface area contributed by atoms with E-state index >= 15 is 0 Å². The lowest BCUT2D eigenvalue weighted by atomic mass is 9.97. The predicted octanol–water partition coefficient (Wildman–Crippen LogP) is 5.34. The van der Waals surface area contributed by atoms with E-state index in [1.807, 2.05) is 49.4 Å². The standard InChI is InChI=1S/C19H15BrO/c1-13-9-10-17(18(20)11-13)19(21)12-15-7-4-6-14-5-2-3-8-16(14)15/h2-11H,12H2,1H3. The molecular formula is C19H15BrO. The number of Topliss-reactive ketones (excluding diaryl/α,β-unsaturated/α-hetero) is 1. The van der Waals surface area contributed by atoms with Crippen LogP contribution in [0.1, 0.15) is 21.5 Å². The van der Waals surface area contributed by atoms with Gasteiger partial charge >= 0.3 is 0 Å². The largest absolute Gasteiger partial charge is 0.294 e. The summed E-state index contributed by atoms with van der Waals surface area (Å²) in [6.45, 7) is 2.02. The third-order valence-corrected chi connectivity index (χ3v) is 4.31. The number of ketones is 1. The Balaban J connectivity index is 1.97. The van der Waals surface area contributed by atoms with Crippen molar-refractivity contribution in [2.24, 2.45) is 0 Å². The Kier molecular flexibility index (Phi) is 3.89. The SMILES string of the molecule is Cc1ccc(C(=O)Cc2cccc3ccccc23)c(Br)c1. The summed E-state index contributed by atoms with van der Waals surface area (Å²) in [5.74, 6) is 0.137. The summed E-state index contributed by atoms with van der Waals surface area (Å²) in [5.41, 5.74) is 2.96. The quantitative estimate of drug-likeness (QED) is 0.589. The molecule has 0 atom stereocenters. The number of halogens is 1. The second-order valence-electron chi connectivity index (χ2n) is 5.22. The maximum atomic E-state index is 12.6. The number of carbonyl (C=O) groups is 1. The van der Waals surface area contributed by atoms with Crippen LogP contribution < -0.4 is 0 Å². The second-order valence-corrected chi connectivity index (χ2v) is 6.08.